The van der Waals surface area contributed by atoms with E-state index in [4.69, 9.17) is 11.6 Å². The van der Waals surface area contributed by atoms with Crippen molar-refractivity contribution in [3.05, 3.63) is 105 Å². The molecule has 0 saturated carbocycles. The fraction of sp³-hybridized carbons (Fsp3) is 0.0870. The maximum atomic E-state index is 12.6. The lowest BCUT2D eigenvalue weighted by molar-refractivity contribution is 0.102. The first-order valence-electron chi connectivity index (χ1n) is 9.28. The maximum absolute atomic E-state index is 12.6. The van der Waals surface area contributed by atoms with Gasteiger partial charge < -0.3 is 5.32 Å². The maximum Gasteiger partial charge on any atom is 0.258 e. The molecule has 0 bridgehead atoms. The largest absolute Gasteiger partial charge is 0.321 e. The van der Waals surface area contributed by atoms with Crippen molar-refractivity contribution in [3.63, 3.8) is 0 Å². The van der Waals surface area contributed by atoms with Crippen molar-refractivity contribution in [2.75, 3.05) is 5.32 Å². The average molecular weight is 436 g/mol. The van der Waals surface area contributed by atoms with Crippen LogP contribution in [0.25, 0.3) is 5.65 Å². The van der Waals surface area contributed by atoms with E-state index < -0.39 is 0 Å². The second kappa shape index (κ2) is 8.73. The van der Waals surface area contributed by atoms with Gasteiger partial charge in [-0.2, -0.15) is 0 Å². The van der Waals surface area contributed by atoms with Gasteiger partial charge in [-0.25, -0.2) is 4.98 Å². The molecule has 2 aromatic carbocycles. The Morgan fingerprint density at radius 1 is 1.10 bits per heavy atom. The molecule has 4 rings (SSSR count). The predicted octanol–water partition coefficient (Wildman–Crippen LogP) is 5.20. The van der Waals surface area contributed by atoms with Crippen LogP contribution in [0.15, 0.2) is 82.6 Å². The number of carbonyl (C=O) groups is 1. The highest BCUT2D eigenvalue weighted by Crippen LogP contribution is 2.29. The number of nitrogens with one attached hydrogen (secondary N) is 1. The summed E-state index contributed by atoms with van der Waals surface area (Å²) in [5, 5.41) is 3.52. The molecule has 2 heterocycles. The molecule has 0 saturated heterocycles. The van der Waals surface area contributed by atoms with Crippen LogP contribution in [-0.4, -0.2) is 15.3 Å². The van der Waals surface area contributed by atoms with Crippen LogP contribution in [0.4, 0.5) is 5.69 Å². The summed E-state index contributed by atoms with van der Waals surface area (Å²) in [6, 6.07) is 19.6. The van der Waals surface area contributed by atoms with Gasteiger partial charge in [-0.3, -0.25) is 14.0 Å². The number of hydrogen-bond acceptors (Lipinski definition) is 4. The van der Waals surface area contributed by atoms with Gasteiger partial charge in [0.1, 0.15) is 5.65 Å². The lowest BCUT2D eigenvalue weighted by Gasteiger charge is -2.11. The Labute approximate surface area is 182 Å². The van der Waals surface area contributed by atoms with Crippen LogP contribution >= 0.6 is 23.4 Å². The molecular formula is C23H18ClN3O2S. The third kappa shape index (κ3) is 4.40. The summed E-state index contributed by atoms with van der Waals surface area (Å²) in [5.41, 5.74) is 3.42. The van der Waals surface area contributed by atoms with E-state index in [1.54, 1.807) is 40.9 Å². The fourth-order valence-electron chi connectivity index (χ4n) is 3.03. The van der Waals surface area contributed by atoms with Crippen LogP contribution < -0.4 is 10.9 Å². The van der Waals surface area contributed by atoms with E-state index in [-0.39, 0.29) is 11.5 Å². The molecule has 0 aliphatic rings. The number of amides is 1. The van der Waals surface area contributed by atoms with Gasteiger partial charge in [0.15, 0.2) is 0 Å². The summed E-state index contributed by atoms with van der Waals surface area (Å²) in [6.07, 6.45) is 1.72. The first-order chi connectivity index (χ1) is 14.5. The van der Waals surface area contributed by atoms with Crippen LogP contribution in [0.3, 0.4) is 0 Å². The Hall–Kier alpha value is -3.09. The zero-order chi connectivity index (χ0) is 21.1. The zero-order valence-electron chi connectivity index (χ0n) is 16.1. The molecule has 30 heavy (non-hydrogen) atoms. The minimum atomic E-state index is -0.211. The van der Waals surface area contributed by atoms with Crippen LogP contribution in [-0.2, 0) is 5.75 Å². The van der Waals surface area contributed by atoms with Crippen molar-refractivity contribution in [2.24, 2.45) is 0 Å². The summed E-state index contributed by atoms with van der Waals surface area (Å²) in [4.78, 5) is 30.5. The summed E-state index contributed by atoms with van der Waals surface area (Å²) in [6.45, 7) is 1.93. The van der Waals surface area contributed by atoms with Crippen molar-refractivity contribution in [3.8, 4) is 0 Å². The second-order valence-corrected chi connectivity index (χ2v) is 8.17. The lowest BCUT2D eigenvalue weighted by atomic mass is 10.2. The number of aryl methyl sites for hydroxylation is 1. The molecule has 0 aliphatic heterocycles. The van der Waals surface area contributed by atoms with Crippen molar-refractivity contribution in [1.29, 1.82) is 0 Å². The van der Waals surface area contributed by atoms with Crippen LogP contribution in [0.5, 0.6) is 0 Å². The molecule has 2 aromatic heterocycles. The Morgan fingerprint density at radius 3 is 2.67 bits per heavy atom. The highest BCUT2D eigenvalue weighted by Gasteiger charge is 2.11. The van der Waals surface area contributed by atoms with Gasteiger partial charge in [0.05, 0.1) is 11.4 Å². The number of thioether (sulfide) groups is 1. The molecule has 4 aromatic rings. The number of pyridine rings is 1. The third-order valence-corrected chi connectivity index (χ3v) is 5.92. The van der Waals surface area contributed by atoms with Gasteiger partial charge in [0.25, 0.3) is 11.5 Å². The molecule has 1 amide bonds. The topological polar surface area (TPSA) is 63.5 Å². The number of aromatic nitrogens is 2. The third-order valence-electron chi connectivity index (χ3n) is 4.56. The Bertz CT molecular complexity index is 1290. The predicted molar refractivity (Wildman–Crippen MR) is 122 cm³/mol. The molecule has 0 spiro atoms. The Morgan fingerprint density at radius 2 is 1.87 bits per heavy atom. The fourth-order valence-corrected chi connectivity index (χ4v) is 4.05. The number of para-hydroxylation sites is 1. The second-order valence-electron chi connectivity index (χ2n) is 6.72. The summed E-state index contributed by atoms with van der Waals surface area (Å²) in [7, 11) is 0. The van der Waals surface area contributed by atoms with E-state index >= 15 is 0 Å². The number of rotatable bonds is 5. The number of halogens is 1. The minimum Gasteiger partial charge on any atom is -0.321 e. The Balaban J connectivity index is 1.54. The summed E-state index contributed by atoms with van der Waals surface area (Å²) >= 11 is 7.41. The van der Waals surface area contributed by atoms with Crippen LogP contribution in [0.2, 0.25) is 5.02 Å². The normalized spacial score (nSPS) is 10.9. The summed E-state index contributed by atoms with van der Waals surface area (Å²) < 4.78 is 1.55. The van der Waals surface area contributed by atoms with E-state index in [1.165, 1.54) is 11.8 Å². The van der Waals surface area contributed by atoms with Crippen LogP contribution in [0, 0.1) is 6.92 Å². The number of anilines is 1. The van der Waals surface area contributed by atoms with Crippen molar-refractivity contribution in [2.45, 2.75) is 17.6 Å². The first kappa shape index (κ1) is 20.2. The Kier molecular flexibility index (Phi) is 5.88. The summed E-state index contributed by atoms with van der Waals surface area (Å²) in [5.74, 6) is 0.297. The van der Waals surface area contributed by atoms with E-state index in [0.29, 0.717) is 33.4 Å². The van der Waals surface area contributed by atoms with E-state index in [0.717, 1.165) is 10.5 Å². The van der Waals surface area contributed by atoms with Gasteiger partial charge in [-0.05, 0) is 55.0 Å². The lowest BCUT2D eigenvalue weighted by Crippen LogP contribution is -2.15. The number of nitrogens with zero attached hydrogens (tertiary/aromatic N) is 2. The van der Waals surface area contributed by atoms with E-state index in [2.05, 4.69) is 10.3 Å². The van der Waals surface area contributed by atoms with Crippen molar-refractivity contribution in [1.82, 2.24) is 9.38 Å². The van der Waals surface area contributed by atoms with Crippen molar-refractivity contribution >= 4 is 40.6 Å². The highest BCUT2D eigenvalue weighted by atomic mass is 35.5. The molecule has 0 fully saturated rings. The molecule has 7 heteroatoms. The first-order valence-corrected chi connectivity index (χ1v) is 10.6. The molecule has 5 nitrogen and oxygen atoms in total. The average Bonchev–Trinajstić information content (AvgIpc) is 2.74. The highest BCUT2D eigenvalue weighted by molar-refractivity contribution is 7.98. The number of fused-ring (bicyclic) bond motifs is 1. The van der Waals surface area contributed by atoms with Gasteiger partial charge in [0.2, 0.25) is 0 Å². The minimum absolute atomic E-state index is 0.108. The smallest absolute Gasteiger partial charge is 0.258 e. The number of carbonyl (C=O) groups excluding carboxylic acids is 1. The molecule has 150 valence electrons. The SMILES string of the molecule is Cc1cccn2c(=O)cc(CSc3ccccc3NC(=O)c3ccc(Cl)cc3)nc12. The van der Waals surface area contributed by atoms with Crippen LogP contribution in [0.1, 0.15) is 21.6 Å². The zero-order valence-corrected chi connectivity index (χ0v) is 17.7. The quantitative estimate of drug-likeness (QED) is 0.437. The molecule has 0 radical (unpaired) electrons. The van der Waals surface area contributed by atoms with Gasteiger partial charge in [0, 0.05) is 33.5 Å². The molecular weight excluding hydrogens is 418 g/mol. The number of benzene rings is 2. The van der Waals surface area contributed by atoms with E-state index in [1.807, 2.05) is 43.3 Å². The standard InChI is InChI=1S/C23H18ClN3O2S/c1-15-5-4-12-27-21(28)13-18(25-22(15)27)14-30-20-7-3-2-6-19(20)26-23(29)16-8-10-17(24)11-9-16/h2-13H,14H2,1H3,(H,26,29). The van der Waals surface area contributed by atoms with E-state index in [9.17, 15) is 9.59 Å². The molecule has 1 N–H and O–H groups in total. The van der Waals surface area contributed by atoms with Gasteiger partial charge in [-0.15, -0.1) is 11.8 Å². The van der Waals surface area contributed by atoms with Crippen molar-refractivity contribution < 1.29 is 4.79 Å². The molecule has 0 atom stereocenters. The van der Waals surface area contributed by atoms with Gasteiger partial charge >= 0.3 is 0 Å². The molecule has 0 unspecified atom stereocenters. The van der Waals surface area contributed by atoms with Gasteiger partial charge in [-0.1, -0.05) is 29.8 Å². The monoisotopic (exact) mass is 435 g/mol. The molecule has 0 aliphatic carbocycles. The number of hydrogen-bond donors (Lipinski definition) is 1.